The van der Waals surface area contributed by atoms with Crippen molar-refractivity contribution in [1.29, 1.82) is 0 Å². The zero-order valence-corrected chi connectivity index (χ0v) is 16.8. The number of aromatic hydroxyl groups is 1. The molecule has 2 aromatic carbocycles. The Bertz CT molecular complexity index is 983. The van der Waals surface area contributed by atoms with Crippen LogP contribution in [-0.2, 0) is 12.8 Å². The summed E-state index contributed by atoms with van der Waals surface area (Å²) in [5, 5.41) is 21.7. The van der Waals surface area contributed by atoms with Crippen molar-refractivity contribution in [2.75, 3.05) is 11.9 Å². The summed E-state index contributed by atoms with van der Waals surface area (Å²) >= 11 is 0. The number of phenols is 1. The number of nitrogens with zero attached hydrogens (tertiary/aromatic N) is 1. The smallest absolute Gasteiger partial charge is 0.256 e. The molecule has 0 fully saturated rings. The number of aliphatic hydroxyl groups excluding tert-OH is 1. The van der Waals surface area contributed by atoms with Crippen molar-refractivity contribution >= 4 is 22.5 Å². The van der Waals surface area contributed by atoms with Crippen molar-refractivity contribution in [2.45, 2.75) is 45.4 Å². The number of phenolic OH excluding ortho intramolecular Hbond substituents is 1. The minimum atomic E-state index is -0.187. The topological polar surface area (TPSA) is 82.5 Å². The van der Waals surface area contributed by atoms with Gasteiger partial charge >= 0.3 is 0 Å². The number of hydrogen-bond donors (Lipinski definition) is 3. The van der Waals surface area contributed by atoms with Gasteiger partial charge in [-0.25, -0.2) is 0 Å². The van der Waals surface area contributed by atoms with E-state index < -0.39 is 0 Å². The number of hydrogen-bond acceptors (Lipinski definition) is 4. The summed E-state index contributed by atoms with van der Waals surface area (Å²) in [4.78, 5) is 17.8. The summed E-state index contributed by atoms with van der Waals surface area (Å²) in [5.41, 5.74) is 4.04. The third-order valence-corrected chi connectivity index (χ3v) is 5.06. The number of amides is 1. The molecule has 0 spiro atoms. The van der Waals surface area contributed by atoms with E-state index in [1.807, 2.05) is 24.3 Å². The van der Waals surface area contributed by atoms with Gasteiger partial charge in [-0.2, -0.15) is 0 Å². The Morgan fingerprint density at radius 1 is 1.07 bits per heavy atom. The maximum absolute atomic E-state index is 13.0. The number of anilines is 1. The lowest BCUT2D eigenvalue weighted by molar-refractivity contribution is 0.102. The molecule has 3 N–H and O–H groups in total. The quantitative estimate of drug-likeness (QED) is 0.554. The number of carbonyl (C=O) groups is 1. The van der Waals surface area contributed by atoms with Crippen LogP contribution in [0, 0.1) is 0 Å². The van der Waals surface area contributed by atoms with E-state index in [0.717, 1.165) is 60.7 Å². The molecule has 0 saturated carbocycles. The Hall–Kier alpha value is -2.92. The molecule has 0 unspecified atom stereocenters. The maximum atomic E-state index is 13.0. The Balaban J connectivity index is 0.000000431. The normalized spacial score (nSPS) is 12.6. The lowest BCUT2D eigenvalue weighted by atomic mass is 9.89. The van der Waals surface area contributed by atoms with Crippen LogP contribution in [0.2, 0.25) is 0 Å². The van der Waals surface area contributed by atoms with Crippen LogP contribution in [0.3, 0.4) is 0 Å². The summed E-state index contributed by atoms with van der Waals surface area (Å²) in [6, 6.07) is 14.5. The van der Waals surface area contributed by atoms with Gasteiger partial charge in [-0.3, -0.25) is 9.78 Å². The SMILES string of the molecule is CCCCO.O=C(Nc1ccccc1O)c1c2c(nc3ccccc13)CCCC2. The molecule has 4 rings (SSSR count). The standard InChI is InChI=1S/C20H18N2O2.C4H10O/c23-18-12-6-5-11-17(18)22-20(24)19-13-7-1-3-9-15(13)21-16-10-4-2-8-14(16)19;1-2-3-4-5/h1,3,5-7,9,11-12,23H,2,4,8,10H2,(H,22,24);5H,2-4H2,1H3. The number of nitrogens with one attached hydrogen (secondary N) is 1. The molecule has 5 heteroatoms. The van der Waals surface area contributed by atoms with Gasteiger partial charge in [0.05, 0.1) is 16.8 Å². The van der Waals surface area contributed by atoms with Gasteiger partial charge in [0.1, 0.15) is 5.75 Å². The van der Waals surface area contributed by atoms with Gasteiger partial charge in [0.25, 0.3) is 5.91 Å². The van der Waals surface area contributed by atoms with E-state index in [-0.39, 0.29) is 11.7 Å². The highest BCUT2D eigenvalue weighted by Crippen LogP contribution is 2.31. The summed E-state index contributed by atoms with van der Waals surface area (Å²) in [7, 11) is 0. The number of carbonyl (C=O) groups excluding carboxylic acids is 1. The maximum Gasteiger partial charge on any atom is 0.256 e. The molecule has 5 nitrogen and oxygen atoms in total. The first kappa shape index (κ1) is 20.8. The molecule has 1 aliphatic rings. The van der Waals surface area contributed by atoms with Crippen LogP contribution in [0.1, 0.15) is 54.2 Å². The van der Waals surface area contributed by atoms with Crippen molar-refractivity contribution in [1.82, 2.24) is 4.98 Å². The lowest BCUT2D eigenvalue weighted by Gasteiger charge is -2.20. The highest BCUT2D eigenvalue weighted by atomic mass is 16.3. The molecular weight excluding hydrogens is 364 g/mol. The number of aromatic nitrogens is 1. The fourth-order valence-corrected chi connectivity index (χ4v) is 3.55. The highest BCUT2D eigenvalue weighted by molar-refractivity contribution is 6.14. The molecule has 0 radical (unpaired) electrons. The van der Waals surface area contributed by atoms with Crippen molar-refractivity contribution in [2.24, 2.45) is 0 Å². The van der Waals surface area contributed by atoms with Crippen LogP contribution in [0.25, 0.3) is 10.9 Å². The molecule has 1 heterocycles. The first-order chi connectivity index (χ1) is 14.2. The Kier molecular flexibility index (Phi) is 7.19. The second-order valence-electron chi connectivity index (χ2n) is 7.18. The molecule has 1 aromatic heterocycles. The first-order valence-corrected chi connectivity index (χ1v) is 10.3. The number of benzene rings is 2. The van der Waals surface area contributed by atoms with Crippen LogP contribution in [0.4, 0.5) is 5.69 Å². The molecule has 0 aliphatic heterocycles. The Morgan fingerprint density at radius 3 is 2.52 bits per heavy atom. The second kappa shape index (κ2) is 10.0. The molecule has 1 aliphatic carbocycles. The number of aryl methyl sites for hydroxylation is 1. The van der Waals surface area contributed by atoms with Gasteiger partial charge < -0.3 is 15.5 Å². The molecular formula is C24H28N2O3. The number of fused-ring (bicyclic) bond motifs is 2. The average molecular weight is 392 g/mol. The molecule has 29 heavy (non-hydrogen) atoms. The van der Waals surface area contributed by atoms with E-state index in [0.29, 0.717) is 17.9 Å². The van der Waals surface area contributed by atoms with E-state index in [1.54, 1.807) is 24.3 Å². The fourth-order valence-electron chi connectivity index (χ4n) is 3.55. The summed E-state index contributed by atoms with van der Waals surface area (Å²) in [5.74, 6) is -0.119. The van der Waals surface area contributed by atoms with E-state index >= 15 is 0 Å². The summed E-state index contributed by atoms with van der Waals surface area (Å²) in [6.45, 7) is 2.40. The minimum absolute atomic E-state index is 0.0677. The van der Waals surface area contributed by atoms with Crippen LogP contribution < -0.4 is 5.32 Å². The Labute approximate surface area is 171 Å². The number of para-hydroxylation sites is 3. The van der Waals surface area contributed by atoms with Gasteiger partial charge in [0, 0.05) is 17.7 Å². The van der Waals surface area contributed by atoms with E-state index in [2.05, 4.69) is 12.2 Å². The van der Waals surface area contributed by atoms with Gasteiger partial charge in [-0.05, 0) is 55.9 Å². The summed E-state index contributed by atoms with van der Waals surface area (Å²) in [6.07, 6.45) is 6.01. The zero-order valence-electron chi connectivity index (χ0n) is 16.8. The molecule has 0 atom stereocenters. The number of aliphatic hydroxyl groups is 1. The number of pyridine rings is 1. The van der Waals surface area contributed by atoms with Crippen molar-refractivity contribution in [3.05, 3.63) is 65.4 Å². The van der Waals surface area contributed by atoms with E-state index in [4.69, 9.17) is 10.1 Å². The van der Waals surface area contributed by atoms with Gasteiger partial charge in [-0.1, -0.05) is 43.7 Å². The zero-order chi connectivity index (χ0) is 20.6. The van der Waals surface area contributed by atoms with Crippen LogP contribution in [0.5, 0.6) is 5.75 Å². The number of rotatable bonds is 4. The van der Waals surface area contributed by atoms with E-state index in [9.17, 15) is 9.90 Å². The lowest BCUT2D eigenvalue weighted by Crippen LogP contribution is -2.19. The molecule has 152 valence electrons. The molecule has 0 bridgehead atoms. The predicted octanol–water partition coefficient (Wildman–Crippen LogP) is 4.85. The van der Waals surface area contributed by atoms with Gasteiger partial charge in [0.2, 0.25) is 0 Å². The summed E-state index contributed by atoms with van der Waals surface area (Å²) < 4.78 is 0. The molecule has 1 amide bonds. The van der Waals surface area contributed by atoms with Crippen LogP contribution >= 0.6 is 0 Å². The largest absolute Gasteiger partial charge is 0.506 e. The third-order valence-electron chi connectivity index (χ3n) is 5.06. The predicted molar refractivity (Wildman–Crippen MR) is 116 cm³/mol. The number of unbranched alkanes of at least 4 members (excludes halogenated alkanes) is 1. The first-order valence-electron chi connectivity index (χ1n) is 10.3. The monoisotopic (exact) mass is 392 g/mol. The minimum Gasteiger partial charge on any atom is -0.506 e. The van der Waals surface area contributed by atoms with Gasteiger partial charge in [0.15, 0.2) is 0 Å². The molecule has 3 aromatic rings. The Morgan fingerprint density at radius 2 is 1.79 bits per heavy atom. The average Bonchev–Trinajstić information content (AvgIpc) is 2.74. The fraction of sp³-hybridized carbons (Fsp3) is 0.333. The van der Waals surface area contributed by atoms with Crippen molar-refractivity contribution in [3.63, 3.8) is 0 Å². The van der Waals surface area contributed by atoms with Crippen LogP contribution in [0.15, 0.2) is 48.5 Å². The van der Waals surface area contributed by atoms with Crippen molar-refractivity contribution in [3.8, 4) is 5.75 Å². The third kappa shape index (κ3) is 4.93. The van der Waals surface area contributed by atoms with E-state index in [1.165, 1.54) is 0 Å². The van der Waals surface area contributed by atoms with Gasteiger partial charge in [-0.15, -0.1) is 0 Å². The molecule has 0 saturated heterocycles. The second-order valence-corrected chi connectivity index (χ2v) is 7.18. The highest BCUT2D eigenvalue weighted by Gasteiger charge is 2.22. The van der Waals surface area contributed by atoms with Crippen LogP contribution in [-0.4, -0.2) is 27.7 Å². The van der Waals surface area contributed by atoms with Crippen molar-refractivity contribution < 1.29 is 15.0 Å².